The summed E-state index contributed by atoms with van der Waals surface area (Å²) in [5.74, 6) is -0.163. The number of thiophene rings is 1. The molecule has 0 saturated carbocycles. The third-order valence-electron chi connectivity index (χ3n) is 4.84. The molecule has 8 nitrogen and oxygen atoms in total. The SMILES string of the molecule is C[C@@H]1Oc2cc(S(=O)(=O)N3CCN(C(=O)c4cccs4)CC3)c(Cl)cc2NC1=O. The zero-order valence-electron chi connectivity index (χ0n) is 15.4. The lowest BCUT2D eigenvalue weighted by Gasteiger charge is -2.34. The molecule has 0 spiro atoms. The first kappa shape index (κ1) is 20.1. The first-order chi connectivity index (χ1) is 13.8. The Labute approximate surface area is 177 Å². The van der Waals surface area contributed by atoms with E-state index in [0.717, 1.165) is 0 Å². The van der Waals surface area contributed by atoms with Crippen LogP contribution >= 0.6 is 22.9 Å². The molecule has 11 heteroatoms. The van der Waals surface area contributed by atoms with Crippen LogP contribution in [0.3, 0.4) is 0 Å². The van der Waals surface area contributed by atoms with Crippen LogP contribution in [0.15, 0.2) is 34.5 Å². The van der Waals surface area contributed by atoms with Crippen LogP contribution in [0, 0.1) is 0 Å². The summed E-state index contributed by atoms with van der Waals surface area (Å²) in [6.45, 7) is 2.50. The summed E-state index contributed by atoms with van der Waals surface area (Å²) in [5.41, 5.74) is 0.336. The van der Waals surface area contributed by atoms with Gasteiger partial charge in [0.05, 0.1) is 15.6 Å². The Hall–Kier alpha value is -2.14. The number of hydrogen-bond donors (Lipinski definition) is 1. The third-order valence-corrected chi connectivity index (χ3v) is 8.06. The second-order valence-electron chi connectivity index (χ2n) is 6.70. The molecule has 29 heavy (non-hydrogen) atoms. The van der Waals surface area contributed by atoms with Gasteiger partial charge in [0.25, 0.3) is 11.8 Å². The highest BCUT2D eigenvalue weighted by Gasteiger charge is 2.34. The maximum atomic E-state index is 13.1. The molecule has 1 atom stereocenters. The van der Waals surface area contributed by atoms with E-state index in [9.17, 15) is 18.0 Å². The van der Waals surface area contributed by atoms with Gasteiger partial charge in [-0.25, -0.2) is 8.42 Å². The summed E-state index contributed by atoms with van der Waals surface area (Å²) >= 11 is 7.58. The molecule has 2 aliphatic heterocycles. The molecule has 4 rings (SSSR count). The van der Waals surface area contributed by atoms with E-state index >= 15 is 0 Å². The number of carbonyl (C=O) groups is 2. The molecule has 2 amide bonds. The molecular formula is C18H18ClN3O5S2. The highest BCUT2D eigenvalue weighted by molar-refractivity contribution is 7.89. The lowest BCUT2D eigenvalue weighted by atomic mass is 10.2. The minimum Gasteiger partial charge on any atom is -0.479 e. The summed E-state index contributed by atoms with van der Waals surface area (Å²) in [6.07, 6.45) is -0.731. The molecule has 154 valence electrons. The third kappa shape index (κ3) is 3.73. The number of nitrogens with one attached hydrogen (secondary N) is 1. The number of anilines is 1. The number of amides is 2. The molecule has 0 radical (unpaired) electrons. The van der Waals surface area contributed by atoms with Gasteiger partial charge in [0.15, 0.2) is 6.10 Å². The van der Waals surface area contributed by atoms with Crippen molar-refractivity contribution >= 4 is 50.5 Å². The van der Waals surface area contributed by atoms with Gasteiger partial charge in [0.1, 0.15) is 10.6 Å². The van der Waals surface area contributed by atoms with Gasteiger partial charge < -0.3 is 15.0 Å². The summed E-state index contributed by atoms with van der Waals surface area (Å²) in [5, 5.41) is 4.47. The van der Waals surface area contributed by atoms with E-state index in [1.165, 1.54) is 27.8 Å². The number of nitrogens with zero attached hydrogens (tertiary/aromatic N) is 2. The molecular weight excluding hydrogens is 438 g/mol. The largest absolute Gasteiger partial charge is 0.479 e. The minimum atomic E-state index is -3.89. The second kappa shape index (κ2) is 7.60. The fourth-order valence-electron chi connectivity index (χ4n) is 3.23. The first-order valence-corrected chi connectivity index (χ1v) is 11.6. The summed E-state index contributed by atoms with van der Waals surface area (Å²) in [4.78, 5) is 26.4. The fraction of sp³-hybridized carbons (Fsp3) is 0.333. The van der Waals surface area contributed by atoms with E-state index in [4.69, 9.17) is 16.3 Å². The standard InChI is InChI=1S/C18H18ClN3O5S2/c1-11-17(23)20-13-9-12(19)16(10-14(13)27-11)29(25,26)22-6-4-21(5-7-22)18(24)15-3-2-8-28-15/h2-3,8-11H,4-7H2,1H3,(H,20,23)/t11-/m0/s1. The quantitative estimate of drug-likeness (QED) is 0.765. The van der Waals surface area contributed by atoms with E-state index in [2.05, 4.69) is 5.32 Å². The van der Waals surface area contributed by atoms with Gasteiger partial charge in [-0.05, 0) is 24.4 Å². The normalized spacial score (nSPS) is 20.0. The number of carbonyl (C=O) groups excluding carboxylic acids is 2. The Bertz CT molecular complexity index is 1060. The molecule has 1 aromatic carbocycles. The molecule has 0 unspecified atom stereocenters. The van der Waals surface area contributed by atoms with Crippen molar-refractivity contribution in [2.24, 2.45) is 0 Å². The zero-order valence-corrected chi connectivity index (χ0v) is 17.8. The molecule has 3 heterocycles. The topological polar surface area (TPSA) is 96.0 Å². The van der Waals surface area contributed by atoms with E-state index in [1.807, 2.05) is 11.4 Å². The molecule has 2 aliphatic rings. The van der Waals surface area contributed by atoms with Crippen LogP contribution in [-0.4, -0.2) is 61.7 Å². The number of hydrogen-bond acceptors (Lipinski definition) is 6. The number of fused-ring (bicyclic) bond motifs is 1. The van der Waals surface area contributed by atoms with E-state index in [0.29, 0.717) is 23.7 Å². The Morgan fingerprint density at radius 2 is 2.00 bits per heavy atom. The molecule has 1 fully saturated rings. The number of halogens is 1. The van der Waals surface area contributed by atoms with Crippen LogP contribution in [0.25, 0.3) is 0 Å². The molecule has 1 N–H and O–H groups in total. The van der Waals surface area contributed by atoms with Crippen molar-refractivity contribution in [2.75, 3.05) is 31.5 Å². The maximum absolute atomic E-state index is 13.1. The van der Waals surface area contributed by atoms with Crippen molar-refractivity contribution in [2.45, 2.75) is 17.9 Å². The van der Waals surface area contributed by atoms with Crippen LogP contribution in [0.4, 0.5) is 5.69 Å². The van der Waals surface area contributed by atoms with E-state index in [-0.39, 0.29) is 40.6 Å². The molecule has 1 saturated heterocycles. The zero-order chi connectivity index (χ0) is 20.8. The summed E-state index contributed by atoms with van der Waals surface area (Å²) in [7, 11) is -3.89. The predicted octanol–water partition coefficient (Wildman–Crippen LogP) is 2.27. The minimum absolute atomic E-state index is 0.000653. The number of rotatable bonds is 3. The number of sulfonamides is 1. The fourth-order valence-corrected chi connectivity index (χ4v) is 5.86. The Balaban J connectivity index is 1.53. The number of piperazine rings is 1. The van der Waals surface area contributed by atoms with E-state index < -0.39 is 16.1 Å². The Morgan fingerprint density at radius 1 is 1.28 bits per heavy atom. The van der Waals surface area contributed by atoms with E-state index in [1.54, 1.807) is 17.9 Å². The Morgan fingerprint density at radius 3 is 2.66 bits per heavy atom. The number of benzene rings is 1. The maximum Gasteiger partial charge on any atom is 0.265 e. The van der Waals surface area contributed by atoms with Gasteiger partial charge >= 0.3 is 0 Å². The monoisotopic (exact) mass is 455 g/mol. The van der Waals surface area contributed by atoms with Crippen LogP contribution in [0.1, 0.15) is 16.6 Å². The number of ether oxygens (including phenoxy) is 1. The summed E-state index contributed by atoms with van der Waals surface area (Å²) < 4.78 is 33.1. The van der Waals surface area contributed by atoms with Crippen LogP contribution in [0.2, 0.25) is 5.02 Å². The summed E-state index contributed by atoms with van der Waals surface area (Å²) in [6, 6.07) is 6.28. The van der Waals surface area contributed by atoms with Gasteiger partial charge in [0.2, 0.25) is 10.0 Å². The van der Waals surface area contributed by atoms with Crippen LogP contribution in [-0.2, 0) is 14.8 Å². The van der Waals surface area contributed by atoms with Crippen molar-refractivity contribution < 1.29 is 22.7 Å². The van der Waals surface area contributed by atoms with Crippen LogP contribution < -0.4 is 10.1 Å². The van der Waals surface area contributed by atoms with Crippen molar-refractivity contribution in [3.63, 3.8) is 0 Å². The highest BCUT2D eigenvalue weighted by atomic mass is 35.5. The molecule has 0 bridgehead atoms. The first-order valence-electron chi connectivity index (χ1n) is 8.91. The van der Waals surface area contributed by atoms with Crippen molar-refractivity contribution in [3.05, 3.63) is 39.5 Å². The average Bonchev–Trinajstić information content (AvgIpc) is 3.23. The predicted molar refractivity (Wildman–Crippen MR) is 109 cm³/mol. The lowest BCUT2D eigenvalue weighted by molar-refractivity contribution is -0.122. The van der Waals surface area contributed by atoms with Crippen molar-refractivity contribution in [1.82, 2.24) is 9.21 Å². The smallest absolute Gasteiger partial charge is 0.265 e. The molecule has 1 aromatic heterocycles. The van der Waals surface area contributed by atoms with Crippen molar-refractivity contribution in [3.8, 4) is 5.75 Å². The van der Waals surface area contributed by atoms with Gasteiger partial charge in [-0.1, -0.05) is 17.7 Å². The van der Waals surface area contributed by atoms with Gasteiger partial charge in [-0.2, -0.15) is 4.31 Å². The van der Waals surface area contributed by atoms with Crippen LogP contribution in [0.5, 0.6) is 5.75 Å². The second-order valence-corrected chi connectivity index (χ2v) is 9.96. The highest BCUT2D eigenvalue weighted by Crippen LogP contribution is 2.38. The molecule has 0 aliphatic carbocycles. The van der Waals surface area contributed by atoms with Crippen molar-refractivity contribution in [1.29, 1.82) is 0 Å². The van der Waals surface area contributed by atoms with Gasteiger partial charge in [0, 0.05) is 32.2 Å². The Kier molecular flexibility index (Phi) is 5.28. The lowest BCUT2D eigenvalue weighted by Crippen LogP contribution is -2.50. The molecule has 2 aromatic rings. The van der Waals surface area contributed by atoms with Gasteiger partial charge in [-0.3, -0.25) is 9.59 Å². The average molecular weight is 456 g/mol. The van der Waals surface area contributed by atoms with Gasteiger partial charge in [-0.15, -0.1) is 11.3 Å².